The number of carbonyl (C=O) groups is 1. The molecule has 10 N–H and O–H groups in total. The van der Waals surface area contributed by atoms with Crippen LogP contribution in [0.15, 0.2) is 36.4 Å². The Morgan fingerprint density at radius 2 is 1.11 bits per heavy atom. The van der Waals surface area contributed by atoms with E-state index >= 15 is 0 Å². The predicted molar refractivity (Wildman–Crippen MR) is 163 cm³/mol. The summed E-state index contributed by atoms with van der Waals surface area (Å²) in [5.74, 6) is 10.3. The third kappa shape index (κ3) is 6.67. The highest BCUT2D eigenvalue weighted by Crippen LogP contribution is 2.53. The van der Waals surface area contributed by atoms with Gasteiger partial charge in [0.05, 0.1) is 13.2 Å². The van der Waals surface area contributed by atoms with Gasteiger partial charge in [0.25, 0.3) is 0 Å². The molecule has 13 heteroatoms. The number of carboxylic acid groups (broad SMARTS) is 1. The average Bonchev–Trinajstić information content (AvgIpc) is 3.33. The van der Waals surface area contributed by atoms with Crippen LogP contribution >= 0.6 is 0 Å². The van der Waals surface area contributed by atoms with Crippen LogP contribution in [0.1, 0.15) is 41.5 Å². The highest BCUT2D eigenvalue weighted by Gasteiger charge is 2.45. The van der Waals surface area contributed by atoms with Gasteiger partial charge in [-0.15, -0.1) is 0 Å². The molecule has 252 valence electrons. The number of aliphatic hydroxyl groups excluding tert-OH is 9. The first-order valence-corrected chi connectivity index (χ1v) is 15.2. The van der Waals surface area contributed by atoms with Crippen LogP contribution in [0.3, 0.4) is 0 Å². The molecule has 0 bridgehead atoms. The minimum atomic E-state index is -1.58. The van der Waals surface area contributed by atoms with E-state index in [9.17, 15) is 55.9 Å². The quantitative estimate of drug-likeness (QED) is 0.140. The Bertz CT molecular complexity index is 1480. The molecule has 2 aliphatic heterocycles. The number of aliphatic hydroxyl groups is 9. The van der Waals surface area contributed by atoms with Crippen molar-refractivity contribution in [3.63, 3.8) is 0 Å². The van der Waals surface area contributed by atoms with Crippen LogP contribution in [0.5, 0.6) is 0 Å². The lowest BCUT2D eigenvalue weighted by atomic mass is 9.71. The van der Waals surface area contributed by atoms with Crippen LogP contribution in [-0.4, -0.2) is 138 Å². The molecule has 2 aromatic rings. The summed E-state index contributed by atoms with van der Waals surface area (Å²) in [6.45, 7) is -1.47. The van der Waals surface area contributed by atoms with Gasteiger partial charge in [0, 0.05) is 29.6 Å². The summed E-state index contributed by atoms with van der Waals surface area (Å²) >= 11 is 0. The van der Waals surface area contributed by atoms with E-state index in [4.69, 9.17) is 9.47 Å². The molecule has 2 heterocycles. The number of rotatable bonds is 7. The summed E-state index contributed by atoms with van der Waals surface area (Å²) in [7, 11) is 0. The summed E-state index contributed by atoms with van der Waals surface area (Å²) in [6, 6.07) is 10.6. The van der Waals surface area contributed by atoms with E-state index in [1.807, 2.05) is 12.1 Å². The lowest BCUT2D eigenvalue weighted by molar-refractivity contribution is -0.214. The Morgan fingerprint density at radius 3 is 1.49 bits per heavy atom. The SMILES string of the molecule is O=C(O)CCC1(CCO)c2cc(C#C[C@H]3O[C@H](CO)[C@@H](O)[C@H](O)[C@@H]3O)ccc2-c2ccc(C#C[C@H]3O[C@H](CO)[C@@H](O)[C@H](O)[C@@H]3O)cc21. The average molecular weight is 655 g/mol. The van der Waals surface area contributed by atoms with Crippen molar-refractivity contribution < 1.29 is 65.3 Å². The van der Waals surface area contributed by atoms with Crippen LogP contribution in [0.25, 0.3) is 11.1 Å². The first-order chi connectivity index (χ1) is 22.4. The maximum atomic E-state index is 11.8. The van der Waals surface area contributed by atoms with E-state index < -0.39 is 85.6 Å². The van der Waals surface area contributed by atoms with Gasteiger partial charge < -0.3 is 60.5 Å². The Hall–Kier alpha value is -3.41. The van der Waals surface area contributed by atoms with Crippen molar-refractivity contribution in [1.29, 1.82) is 0 Å². The topological polar surface area (TPSA) is 238 Å². The zero-order valence-corrected chi connectivity index (χ0v) is 25.2. The van der Waals surface area contributed by atoms with Crippen molar-refractivity contribution in [3.8, 4) is 34.8 Å². The third-order valence-electron chi connectivity index (χ3n) is 9.17. The van der Waals surface area contributed by atoms with E-state index in [2.05, 4.69) is 23.7 Å². The van der Waals surface area contributed by atoms with Crippen molar-refractivity contribution in [2.24, 2.45) is 0 Å². The maximum Gasteiger partial charge on any atom is 0.303 e. The molecule has 0 radical (unpaired) electrons. The Kier molecular flexibility index (Phi) is 10.7. The van der Waals surface area contributed by atoms with Gasteiger partial charge in [-0.1, -0.05) is 35.8 Å². The molecule has 0 aromatic heterocycles. The molecule has 0 spiro atoms. The monoisotopic (exact) mass is 654 g/mol. The molecular weight excluding hydrogens is 616 g/mol. The van der Waals surface area contributed by atoms with Gasteiger partial charge in [-0.2, -0.15) is 0 Å². The number of fused-ring (bicyclic) bond motifs is 3. The van der Waals surface area contributed by atoms with E-state index in [0.29, 0.717) is 22.3 Å². The number of hydrogen-bond acceptors (Lipinski definition) is 12. The Balaban J connectivity index is 1.52. The van der Waals surface area contributed by atoms with E-state index in [-0.39, 0.29) is 25.9 Å². The number of hydrogen-bond donors (Lipinski definition) is 10. The van der Waals surface area contributed by atoms with Crippen LogP contribution in [0.2, 0.25) is 0 Å². The highest BCUT2D eigenvalue weighted by molar-refractivity contribution is 5.83. The second-order valence-corrected chi connectivity index (χ2v) is 12.0. The number of carboxylic acids is 1. The molecule has 0 saturated carbocycles. The van der Waals surface area contributed by atoms with Crippen molar-refractivity contribution in [2.45, 2.75) is 85.7 Å². The molecule has 2 saturated heterocycles. The van der Waals surface area contributed by atoms with E-state index in [1.165, 1.54) is 0 Å². The number of aliphatic carboxylic acids is 1. The van der Waals surface area contributed by atoms with Gasteiger partial charge in [0.15, 0.2) is 0 Å². The summed E-state index contributed by atoms with van der Waals surface area (Å²) in [5.41, 5.74) is 2.95. The highest BCUT2D eigenvalue weighted by atomic mass is 16.5. The fourth-order valence-corrected chi connectivity index (χ4v) is 6.58. The second-order valence-electron chi connectivity index (χ2n) is 12.0. The van der Waals surface area contributed by atoms with Crippen LogP contribution in [0.4, 0.5) is 0 Å². The fraction of sp³-hybridized carbons (Fsp3) is 0.500. The molecule has 10 atom stereocenters. The van der Waals surface area contributed by atoms with Gasteiger partial charge in [-0.25, -0.2) is 0 Å². The van der Waals surface area contributed by atoms with Crippen molar-refractivity contribution >= 4 is 5.97 Å². The fourth-order valence-electron chi connectivity index (χ4n) is 6.58. The first kappa shape index (κ1) is 34.9. The molecule has 13 nitrogen and oxygen atoms in total. The van der Waals surface area contributed by atoms with Crippen LogP contribution in [-0.2, 0) is 19.7 Å². The van der Waals surface area contributed by atoms with Gasteiger partial charge in [-0.3, -0.25) is 4.79 Å². The lowest BCUT2D eigenvalue weighted by Gasteiger charge is -2.37. The number of benzene rings is 2. The molecule has 0 amide bonds. The summed E-state index contributed by atoms with van der Waals surface area (Å²) in [6.07, 6.45) is -13.9. The van der Waals surface area contributed by atoms with Gasteiger partial charge in [0.1, 0.15) is 61.0 Å². The second kappa shape index (κ2) is 14.4. The minimum absolute atomic E-state index is 0.121. The van der Waals surface area contributed by atoms with Crippen molar-refractivity contribution in [1.82, 2.24) is 0 Å². The van der Waals surface area contributed by atoms with Crippen molar-refractivity contribution in [3.05, 3.63) is 58.7 Å². The van der Waals surface area contributed by atoms with Crippen LogP contribution < -0.4 is 0 Å². The third-order valence-corrected chi connectivity index (χ3v) is 9.17. The van der Waals surface area contributed by atoms with Gasteiger partial charge >= 0.3 is 5.97 Å². The Morgan fingerprint density at radius 1 is 0.660 bits per heavy atom. The lowest BCUT2D eigenvalue weighted by Crippen LogP contribution is -2.58. The first-order valence-electron chi connectivity index (χ1n) is 15.2. The minimum Gasteiger partial charge on any atom is -0.481 e. The molecule has 47 heavy (non-hydrogen) atoms. The summed E-state index contributed by atoms with van der Waals surface area (Å²) < 4.78 is 11.0. The Labute approximate surface area is 270 Å². The normalized spacial score (nSPS) is 32.3. The molecule has 2 aromatic carbocycles. The zero-order chi connectivity index (χ0) is 34.0. The number of ether oxygens (including phenoxy) is 2. The zero-order valence-electron chi connectivity index (χ0n) is 25.2. The maximum absolute atomic E-state index is 11.8. The van der Waals surface area contributed by atoms with Gasteiger partial charge in [-0.05, 0) is 59.4 Å². The predicted octanol–water partition coefficient (Wildman–Crippen LogP) is -2.41. The standard InChI is InChI=1S/C34H38O13/c35-12-11-34(10-9-27(38)39)21-13-17(3-7-23-28(40)32(44)30(42)25(15-36)46-23)1-5-19(21)20-6-2-18(14-22(20)34)4-8-24-29(41)33(45)31(43)26(16-37)47-24/h1-2,5-6,13-14,23-26,28-33,35-37,40-45H,9-12,15-16H2,(H,38,39)/t23-,24-,25-,26-,28-,29-,30-,31-,32-,33-/m1/s1. The summed E-state index contributed by atoms with van der Waals surface area (Å²) in [4.78, 5) is 11.8. The van der Waals surface area contributed by atoms with E-state index in [0.717, 1.165) is 11.1 Å². The molecule has 3 aliphatic rings. The molecule has 0 unspecified atom stereocenters. The van der Waals surface area contributed by atoms with Crippen LogP contribution in [0, 0.1) is 23.7 Å². The summed E-state index contributed by atoms with van der Waals surface area (Å²) in [5, 5.41) is 100. The molecule has 5 rings (SSSR count). The smallest absolute Gasteiger partial charge is 0.303 e. The molecule has 2 fully saturated rings. The van der Waals surface area contributed by atoms with Gasteiger partial charge in [0.2, 0.25) is 0 Å². The molecule has 1 aliphatic carbocycles. The van der Waals surface area contributed by atoms with E-state index in [1.54, 1.807) is 24.3 Å². The van der Waals surface area contributed by atoms with Crippen molar-refractivity contribution in [2.75, 3.05) is 19.8 Å². The largest absolute Gasteiger partial charge is 0.481 e. The molecular formula is C34H38O13.